The molecule has 0 unspecified atom stereocenters. The minimum atomic E-state index is -2.50. The minimum absolute atomic E-state index is 0.149. The van der Waals surface area contributed by atoms with Crippen molar-refractivity contribution < 1.29 is 28.9 Å². The van der Waals surface area contributed by atoms with Gasteiger partial charge in [0, 0.05) is 23.5 Å². The van der Waals surface area contributed by atoms with Gasteiger partial charge >= 0.3 is 0 Å². The van der Waals surface area contributed by atoms with E-state index in [-0.39, 0.29) is 16.4 Å². The molecule has 7 heteroatoms. The van der Waals surface area contributed by atoms with E-state index in [2.05, 4.69) is 0 Å². The van der Waals surface area contributed by atoms with E-state index >= 15 is 4.39 Å². The van der Waals surface area contributed by atoms with Gasteiger partial charge in [0.05, 0.1) is 0 Å². The smallest absolute Gasteiger partial charge is 0.200 e. The second-order valence-corrected chi connectivity index (χ2v) is 7.71. The van der Waals surface area contributed by atoms with Crippen LogP contribution in [0.25, 0.3) is 0 Å². The molecule has 1 aliphatic rings. The number of carbonyl (C=O) groups excluding carboxylic acids is 1. The first-order valence-corrected chi connectivity index (χ1v) is 10.4. The maximum Gasteiger partial charge on any atom is 0.200 e. The molecular weight excluding hydrogens is 478 g/mol. The molecule has 5 nitrogen and oxygen atoms in total. The Morgan fingerprint density at radius 3 is 2.25 bits per heavy atom. The van der Waals surface area contributed by atoms with Crippen LogP contribution in [0.2, 0.25) is 0 Å². The summed E-state index contributed by atoms with van der Waals surface area (Å²) in [6, 6.07) is 16.7. The number of methoxy groups -OCH3 is 1. The maximum atomic E-state index is 15.4. The standard InChI is InChI=1S/C21H22FIO5/c1-27-19-17(22)20(25,12-14-8-4-2-5-9-14)21(26,16(13-23)28-19)18(24)15-10-6-3-7-11-15/h2-11,16-17,19,25-26H,12-13H2,1H3/t16-,17-,19+,20-,21+/m1/s1. The van der Waals surface area contributed by atoms with Gasteiger partial charge in [-0.25, -0.2) is 4.39 Å². The molecule has 0 radical (unpaired) electrons. The molecule has 0 aromatic heterocycles. The summed E-state index contributed by atoms with van der Waals surface area (Å²) in [5.41, 5.74) is -4.20. The van der Waals surface area contributed by atoms with Crippen LogP contribution in [0.1, 0.15) is 15.9 Å². The molecule has 1 heterocycles. The van der Waals surface area contributed by atoms with Crippen LogP contribution in [-0.2, 0) is 15.9 Å². The third kappa shape index (κ3) is 3.50. The molecule has 1 saturated heterocycles. The molecule has 1 aliphatic heterocycles. The van der Waals surface area contributed by atoms with E-state index < -0.39 is 35.6 Å². The van der Waals surface area contributed by atoms with Crippen molar-refractivity contribution in [2.75, 3.05) is 11.5 Å². The average Bonchev–Trinajstić information content (AvgIpc) is 2.73. The monoisotopic (exact) mass is 500 g/mol. The first-order valence-electron chi connectivity index (χ1n) is 8.85. The van der Waals surface area contributed by atoms with E-state index in [1.165, 1.54) is 19.2 Å². The molecule has 0 spiro atoms. The lowest BCUT2D eigenvalue weighted by Crippen LogP contribution is -2.77. The zero-order valence-electron chi connectivity index (χ0n) is 15.3. The van der Waals surface area contributed by atoms with Gasteiger partial charge in [-0.15, -0.1) is 0 Å². The largest absolute Gasteiger partial charge is 0.383 e. The molecule has 2 aromatic rings. The first-order chi connectivity index (χ1) is 13.4. The number of ketones is 1. The second kappa shape index (κ2) is 8.54. The zero-order chi connectivity index (χ0) is 20.4. The number of carbonyl (C=O) groups is 1. The quantitative estimate of drug-likeness (QED) is 0.363. The molecular formula is C21H22FIO5. The average molecular weight is 500 g/mol. The van der Waals surface area contributed by atoms with Crippen molar-refractivity contribution in [1.29, 1.82) is 0 Å². The lowest BCUT2D eigenvalue weighted by Gasteiger charge is -2.53. The predicted octanol–water partition coefficient (Wildman–Crippen LogP) is 2.72. The van der Waals surface area contributed by atoms with E-state index in [0.717, 1.165) is 0 Å². The molecule has 1 fully saturated rings. The maximum absolute atomic E-state index is 15.4. The van der Waals surface area contributed by atoms with Crippen LogP contribution in [0.4, 0.5) is 4.39 Å². The number of benzene rings is 2. The fourth-order valence-electron chi connectivity index (χ4n) is 3.66. The molecule has 28 heavy (non-hydrogen) atoms. The topological polar surface area (TPSA) is 76.0 Å². The van der Waals surface area contributed by atoms with Crippen LogP contribution in [0, 0.1) is 0 Å². The summed E-state index contributed by atoms with van der Waals surface area (Å²) in [5, 5.41) is 23.1. The lowest BCUT2D eigenvalue weighted by atomic mass is 9.67. The summed E-state index contributed by atoms with van der Waals surface area (Å²) in [6.07, 6.45) is -4.99. The van der Waals surface area contributed by atoms with E-state index in [0.29, 0.717) is 5.56 Å². The Balaban J connectivity index is 2.14. The molecule has 150 valence electrons. The van der Waals surface area contributed by atoms with Gasteiger partial charge in [-0.2, -0.15) is 0 Å². The van der Waals surface area contributed by atoms with Gasteiger partial charge in [0.2, 0.25) is 0 Å². The Labute approximate surface area is 176 Å². The van der Waals surface area contributed by atoms with Crippen LogP contribution >= 0.6 is 22.6 Å². The molecule has 0 bridgehead atoms. The molecule has 0 amide bonds. The Kier molecular flexibility index (Phi) is 6.51. The number of ether oxygens (including phenoxy) is 2. The van der Waals surface area contributed by atoms with Crippen molar-refractivity contribution in [3.8, 4) is 0 Å². The summed E-state index contributed by atoms with van der Waals surface area (Å²) >= 11 is 1.94. The lowest BCUT2D eigenvalue weighted by molar-refractivity contribution is -0.323. The molecule has 2 N–H and O–H groups in total. The Morgan fingerprint density at radius 2 is 1.71 bits per heavy atom. The number of Topliss-reactive ketones (excluding diaryl/α,β-unsaturated/α-hetero) is 1. The predicted molar refractivity (Wildman–Crippen MR) is 110 cm³/mol. The summed E-state index contributed by atoms with van der Waals surface area (Å²) in [7, 11) is 1.26. The first kappa shape index (κ1) is 21.3. The fraction of sp³-hybridized carbons (Fsp3) is 0.381. The number of hydrogen-bond donors (Lipinski definition) is 2. The van der Waals surface area contributed by atoms with Crippen molar-refractivity contribution >= 4 is 28.4 Å². The van der Waals surface area contributed by atoms with Gasteiger partial charge in [-0.1, -0.05) is 83.3 Å². The third-order valence-electron chi connectivity index (χ3n) is 5.19. The molecule has 0 aliphatic carbocycles. The molecule has 0 saturated carbocycles. The Morgan fingerprint density at radius 1 is 1.14 bits per heavy atom. The van der Waals surface area contributed by atoms with Crippen molar-refractivity contribution in [2.24, 2.45) is 0 Å². The highest BCUT2D eigenvalue weighted by Crippen LogP contribution is 2.44. The highest BCUT2D eigenvalue weighted by Gasteiger charge is 2.68. The fourth-order valence-corrected chi connectivity index (χ4v) is 4.50. The van der Waals surface area contributed by atoms with Gasteiger partial charge in [0.1, 0.15) is 11.7 Å². The summed E-state index contributed by atoms with van der Waals surface area (Å²) in [5.74, 6) is -0.787. The van der Waals surface area contributed by atoms with Crippen LogP contribution in [-0.4, -0.2) is 57.3 Å². The van der Waals surface area contributed by atoms with Crippen molar-refractivity contribution in [1.82, 2.24) is 0 Å². The highest BCUT2D eigenvalue weighted by atomic mass is 127. The summed E-state index contributed by atoms with van der Waals surface area (Å²) in [6.45, 7) is 0. The van der Waals surface area contributed by atoms with Crippen LogP contribution in [0.5, 0.6) is 0 Å². The molecule has 3 rings (SSSR count). The van der Waals surface area contributed by atoms with Gasteiger partial charge in [0.15, 0.2) is 23.8 Å². The van der Waals surface area contributed by atoms with E-state index in [1.54, 1.807) is 48.5 Å². The van der Waals surface area contributed by atoms with Crippen molar-refractivity contribution in [3.63, 3.8) is 0 Å². The number of rotatable bonds is 6. The van der Waals surface area contributed by atoms with Crippen LogP contribution in [0.3, 0.4) is 0 Å². The summed E-state index contributed by atoms with van der Waals surface area (Å²) in [4.78, 5) is 13.3. The number of halogens is 2. The third-order valence-corrected chi connectivity index (χ3v) is 5.99. The SMILES string of the molecule is CO[C@H]1O[C@H](CI)[C@](O)(C(=O)c2ccccc2)[C@@](O)(Cc2ccccc2)[C@@H]1F. The number of aliphatic hydroxyl groups is 2. The van der Waals surface area contributed by atoms with E-state index in [1.807, 2.05) is 22.6 Å². The summed E-state index contributed by atoms with van der Waals surface area (Å²) < 4.78 is 26.2. The zero-order valence-corrected chi connectivity index (χ0v) is 17.5. The van der Waals surface area contributed by atoms with Gasteiger partial charge in [-0.3, -0.25) is 4.79 Å². The van der Waals surface area contributed by atoms with Crippen LogP contribution < -0.4 is 0 Å². The van der Waals surface area contributed by atoms with E-state index in [4.69, 9.17) is 9.47 Å². The number of alkyl halides is 2. The molecule has 5 atom stereocenters. The number of hydrogen-bond acceptors (Lipinski definition) is 5. The second-order valence-electron chi connectivity index (χ2n) is 6.83. The van der Waals surface area contributed by atoms with Gasteiger partial charge in [-0.05, 0) is 5.56 Å². The van der Waals surface area contributed by atoms with Crippen LogP contribution in [0.15, 0.2) is 60.7 Å². The van der Waals surface area contributed by atoms with Crippen molar-refractivity contribution in [3.05, 3.63) is 71.8 Å². The molecule has 2 aromatic carbocycles. The van der Waals surface area contributed by atoms with Gasteiger partial charge < -0.3 is 19.7 Å². The normalized spacial score (nSPS) is 32.8. The Bertz CT molecular complexity index is 805. The van der Waals surface area contributed by atoms with E-state index in [9.17, 15) is 15.0 Å². The minimum Gasteiger partial charge on any atom is -0.383 e. The highest BCUT2D eigenvalue weighted by molar-refractivity contribution is 14.1. The van der Waals surface area contributed by atoms with Gasteiger partial charge in [0.25, 0.3) is 0 Å². The van der Waals surface area contributed by atoms with Crippen molar-refractivity contribution in [2.45, 2.75) is 36.2 Å². The Hall–Kier alpha value is -1.39.